The molecule has 0 saturated heterocycles. The zero-order chi connectivity index (χ0) is 15.5. The summed E-state index contributed by atoms with van der Waals surface area (Å²) in [6.07, 6.45) is 4.45. The molecule has 1 heterocycles. The molecule has 0 atom stereocenters. The van der Waals surface area contributed by atoms with Crippen molar-refractivity contribution >= 4 is 21.6 Å². The van der Waals surface area contributed by atoms with E-state index in [1.54, 1.807) is 48.6 Å². The van der Waals surface area contributed by atoms with Crippen molar-refractivity contribution in [2.45, 2.75) is 6.54 Å². The average Bonchev–Trinajstić information content (AvgIpc) is 2.90. The Kier molecular flexibility index (Phi) is 4.27. The number of H-pyrrole nitrogens is 1. The van der Waals surface area contributed by atoms with Gasteiger partial charge in [0.05, 0.1) is 12.5 Å². The molecule has 1 aromatic carbocycles. The van der Waals surface area contributed by atoms with Crippen LogP contribution in [0.1, 0.15) is 15.9 Å². The fourth-order valence-corrected chi connectivity index (χ4v) is 2.39. The van der Waals surface area contributed by atoms with Gasteiger partial charge in [-0.25, -0.2) is 8.42 Å². The van der Waals surface area contributed by atoms with Gasteiger partial charge in [-0.1, -0.05) is 0 Å². The Morgan fingerprint density at radius 2 is 2.00 bits per heavy atom. The van der Waals surface area contributed by atoms with Crippen LogP contribution in [0.2, 0.25) is 0 Å². The summed E-state index contributed by atoms with van der Waals surface area (Å²) in [7, 11) is -1.62. The molecule has 7 nitrogen and oxygen atoms in total. The minimum absolute atomic E-state index is 0.151. The number of nitrogens with one attached hydrogen (secondary N) is 2. The van der Waals surface area contributed by atoms with Crippen molar-refractivity contribution in [1.29, 1.82) is 0 Å². The molecule has 0 unspecified atom stereocenters. The highest BCUT2D eigenvalue weighted by molar-refractivity contribution is 7.92. The first-order chi connectivity index (χ1) is 9.85. The van der Waals surface area contributed by atoms with Crippen LogP contribution in [0.15, 0.2) is 36.7 Å². The lowest BCUT2D eigenvalue weighted by Gasteiger charge is -2.16. The molecule has 2 rings (SSSR count). The quantitative estimate of drug-likeness (QED) is 0.863. The van der Waals surface area contributed by atoms with Crippen LogP contribution in [-0.4, -0.2) is 42.7 Å². The molecule has 8 heteroatoms. The SMILES string of the molecule is CN(Cc1cn[nH]c1)C(=O)c1ccc(NS(C)(=O)=O)cc1. The Hall–Kier alpha value is -2.35. The number of hydrogen-bond donors (Lipinski definition) is 2. The van der Waals surface area contributed by atoms with Crippen LogP contribution in [-0.2, 0) is 16.6 Å². The molecule has 0 aliphatic heterocycles. The van der Waals surface area contributed by atoms with E-state index < -0.39 is 10.0 Å². The van der Waals surface area contributed by atoms with E-state index in [0.717, 1.165) is 11.8 Å². The normalized spacial score (nSPS) is 11.1. The summed E-state index contributed by atoms with van der Waals surface area (Å²) in [4.78, 5) is 13.8. The van der Waals surface area contributed by atoms with Crippen molar-refractivity contribution in [3.8, 4) is 0 Å². The van der Waals surface area contributed by atoms with Crippen molar-refractivity contribution in [2.75, 3.05) is 18.0 Å². The lowest BCUT2D eigenvalue weighted by molar-refractivity contribution is 0.0785. The highest BCUT2D eigenvalue weighted by Crippen LogP contribution is 2.13. The maximum Gasteiger partial charge on any atom is 0.253 e. The molecule has 0 fully saturated rings. The number of rotatable bonds is 5. The number of aromatic amines is 1. The molecule has 112 valence electrons. The molecule has 0 aliphatic carbocycles. The second-order valence-electron chi connectivity index (χ2n) is 4.72. The number of hydrogen-bond acceptors (Lipinski definition) is 4. The molecule has 0 bridgehead atoms. The van der Waals surface area contributed by atoms with Crippen molar-refractivity contribution < 1.29 is 13.2 Å². The number of nitrogens with zero attached hydrogens (tertiary/aromatic N) is 2. The van der Waals surface area contributed by atoms with E-state index in [9.17, 15) is 13.2 Å². The predicted octanol–water partition coefficient (Wildman–Crippen LogP) is 1.05. The molecule has 1 aromatic heterocycles. The summed E-state index contributed by atoms with van der Waals surface area (Å²) in [5.41, 5.74) is 1.81. The smallest absolute Gasteiger partial charge is 0.253 e. The Morgan fingerprint density at radius 1 is 1.33 bits per heavy atom. The van der Waals surface area contributed by atoms with E-state index >= 15 is 0 Å². The van der Waals surface area contributed by atoms with Crippen LogP contribution >= 0.6 is 0 Å². The Labute approximate surface area is 123 Å². The maximum atomic E-state index is 12.2. The molecule has 0 aliphatic rings. The number of anilines is 1. The molecular weight excluding hydrogens is 292 g/mol. The number of sulfonamides is 1. The van der Waals surface area contributed by atoms with Gasteiger partial charge in [0.1, 0.15) is 0 Å². The van der Waals surface area contributed by atoms with Gasteiger partial charge in [-0.15, -0.1) is 0 Å². The summed E-state index contributed by atoms with van der Waals surface area (Å²) in [5.74, 6) is -0.151. The van der Waals surface area contributed by atoms with Gasteiger partial charge in [-0.05, 0) is 24.3 Å². The highest BCUT2D eigenvalue weighted by Gasteiger charge is 2.12. The van der Waals surface area contributed by atoms with Crippen LogP contribution in [0.3, 0.4) is 0 Å². The summed E-state index contributed by atoms with van der Waals surface area (Å²) < 4.78 is 24.6. The van der Waals surface area contributed by atoms with Crippen molar-refractivity contribution in [3.63, 3.8) is 0 Å². The number of benzene rings is 1. The summed E-state index contributed by atoms with van der Waals surface area (Å²) in [6, 6.07) is 6.28. The lowest BCUT2D eigenvalue weighted by atomic mass is 10.2. The van der Waals surface area contributed by atoms with Gasteiger partial charge in [0.2, 0.25) is 10.0 Å². The minimum atomic E-state index is -3.32. The first-order valence-corrected chi connectivity index (χ1v) is 8.05. The van der Waals surface area contributed by atoms with E-state index in [1.807, 2.05) is 0 Å². The maximum absolute atomic E-state index is 12.2. The molecular formula is C13H16N4O3S. The van der Waals surface area contributed by atoms with Gasteiger partial charge in [-0.2, -0.15) is 5.10 Å². The first kappa shape index (κ1) is 15.0. The van der Waals surface area contributed by atoms with Gasteiger partial charge in [-0.3, -0.25) is 14.6 Å². The van der Waals surface area contributed by atoms with Crippen LogP contribution in [0, 0.1) is 0 Å². The van der Waals surface area contributed by atoms with Crippen molar-refractivity contribution in [1.82, 2.24) is 15.1 Å². The second kappa shape index (κ2) is 5.96. The summed E-state index contributed by atoms with van der Waals surface area (Å²) in [5, 5.41) is 6.51. The van der Waals surface area contributed by atoms with Gasteiger partial charge in [0, 0.05) is 36.6 Å². The number of aromatic nitrogens is 2. The standard InChI is InChI=1S/C13H16N4O3S/c1-17(9-10-7-14-15-8-10)13(18)11-3-5-12(6-4-11)16-21(2,19)20/h3-8,16H,9H2,1-2H3,(H,14,15). The minimum Gasteiger partial charge on any atom is -0.337 e. The molecule has 0 spiro atoms. The monoisotopic (exact) mass is 308 g/mol. The number of carbonyl (C=O) groups excluding carboxylic acids is 1. The van der Waals surface area contributed by atoms with Gasteiger partial charge >= 0.3 is 0 Å². The van der Waals surface area contributed by atoms with Crippen molar-refractivity contribution in [3.05, 3.63) is 47.8 Å². The third kappa shape index (κ3) is 4.32. The van der Waals surface area contributed by atoms with E-state index in [-0.39, 0.29) is 5.91 Å². The fraction of sp³-hybridized carbons (Fsp3) is 0.231. The molecule has 21 heavy (non-hydrogen) atoms. The van der Waals surface area contributed by atoms with E-state index in [1.165, 1.54) is 0 Å². The van der Waals surface area contributed by atoms with Crippen molar-refractivity contribution in [2.24, 2.45) is 0 Å². The second-order valence-corrected chi connectivity index (χ2v) is 6.47. The molecule has 0 radical (unpaired) electrons. The Bertz CT molecular complexity index is 708. The fourth-order valence-electron chi connectivity index (χ4n) is 1.83. The van der Waals surface area contributed by atoms with Crippen LogP contribution < -0.4 is 4.72 Å². The Morgan fingerprint density at radius 3 is 2.52 bits per heavy atom. The van der Waals surface area contributed by atoms with E-state index in [0.29, 0.717) is 17.8 Å². The number of carbonyl (C=O) groups is 1. The van der Waals surface area contributed by atoms with Gasteiger partial charge < -0.3 is 4.90 Å². The number of amides is 1. The van der Waals surface area contributed by atoms with E-state index in [4.69, 9.17) is 0 Å². The first-order valence-electron chi connectivity index (χ1n) is 6.16. The lowest BCUT2D eigenvalue weighted by Crippen LogP contribution is -2.26. The zero-order valence-corrected chi connectivity index (χ0v) is 12.5. The van der Waals surface area contributed by atoms with E-state index in [2.05, 4.69) is 14.9 Å². The van der Waals surface area contributed by atoms with Crippen LogP contribution in [0.25, 0.3) is 0 Å². The highest BCUT2D eigenvalue weighted by atomic mass is 32.2. The largest absolute Gasteiger partial charge is 0.337 e. The molecule has 0 saturated carbocycles. The Balaban J connectivity index is 2.05. The molecule has 2 aromatic rings. The van der Waals surface area contributed by atoms with Gasteiger partial charge in [0.25, 0.3) is 5.91 Å². The third-order valence-electron chi connectivity index (χ3n) is 2.76. The topological polar surface area (TPSA) is 95.2 Å². The summed E-state index contributed by atoms with van der Waals surface area (Å²) >= 11 is 0. The van der Waals surface area contributed by atoms with Crippen LogP contribution in [0.4, 0.5) is 5.69 Å². The summed E-state index contributed by atoms with van der Waals surface area (Å²) in [6.45, 7) is 0.443. The van der Waals surface area contributed by atoms with Gasteiger partial charge in [0.15, 0.2) is 0 Å². The van der Waals surface area contributed by atoms with Crippen LogP contribution in [0.5, 0.6) is 0 Å². The third-order valence-corrected chi connectivity index (χ3v) is 3.36. The zero-order valence-electron chi connectivity index (χ0n) is 11.7. The molecule has 2 N–H and O–H groups in total. The predicted molar refractivity (Wildman–Crippen MR) is 79.3 cm³/mol. The molecule has 1 amide bonds. The average molecular weight is 308 g/mol.